The summed E-state index contributed by atoms with van der Waals surface area (Å²) in [4.78, 5) is 17.3. The lowest BCUT2D eigenvalue weighted by atomic mass is 9.74. The lowest BCUT2D eigenvalue weighted by molar-refractivity contribution is 0.0487. The number of hydrogen-bond donors (Lipinski definition) is 1. The molecule has 0 bridgehead atoms. The Bertz CT molecular complexity index is 995. The van der Waals surface area contributed by atoms with Crippen LogP contribution < -0.4 is 5.32 Å². The van der Waals surface area contributed by atoms with E-state index in [1.165, 1.54) is 0 Å². The van der Waals surface area contributed by atoms with Crippen LogP contribution in [0.5, 0.6) is 0 Å². The number of carbonyl (C=O) groups excluding carboxylic acids is 1. The Morgan fingerprint density at radius 3 is 2.55 bits per heavy atom. The van der Waals surface area contributed by atoms with Crippen LogP contribution in [0, 0.1) is 6.92 Å². The summed E-state index contributed by atoms with van der Waals surface area (Å²) in [5.41, 5.74) is 2.10. The molecular formula is C22H22ClN3O3. The molecule has 6 nitrogen and oxygen atoms in total. The molecule has 0 atom stereocenters. The number of hydrogen-bond acceptors (Lipinski definition) is 5. The van der Waals surface area contributed by atoms with Crippen molar-refractivity contribution >= 4 is 17.5 Å². The fourth-order valence-electron chi connectivity index (χ4n) is 3.75. The molecule has 0 saturated carbocycles. The molecule has 0 spiro atoms. The Kier molecular flexibility index (Phi) is 5.65. The quantitative estimate of drug-likeness (QED) is 0.681. The molecule has 1 aliphatic rings. The van der Waals surface area contributed by atoms with Crippen LogP contribution in [0.1, 0.15) is 34.6 Å². The number of ether oxygens (including phenoxy) is 1. The first-order chi connectivity index (χ1) is 14.1. The van der Waals surface area contributed by atoms with Crippen LogP contribution in [0.2, 0.25) is 5.02 Å². The summed E-state index contributed by atoms with van der Waals surface area (Å²) in [5.74, 6) is 0.696. The molecule has 2 heterocycles. The highest BCUT2D eigenvalue weighted by Gasteiger charge is 2.35. The fourth-order valence-corrected chi connectivity index (χ4v) is 3.88. The van der Waals surface area contributed by atoms with Gasteiger partial charge in [0.15, 0.2) is 5.82 Å². The van der Waals surface area contributed by atoms with E-state index in [-0.39, 0.29) is 11.3 Å². The molecule has 1 saturated heterocycles. The first-order valence-corrected chi connectivity index (χ1v) is 9.97. The first kappa shape index (κ1) is 19.6. The molecule has 0 unspecified atom stereocenters. The van der Waals surface area contributed by atoms with E-state index in [1.807, 2.05) is 42.5 Å². The first-order valence-electron chi connectivity index (χ1n) is 9.59. The van der Waals surface area contributed by atoms with Gasteiger partial charge in [-0.1, -0.05) is 41.0 Å². The standard InChI is InChI=1S/C22H22ClN3O3/c1-15-25-21(29-26-15)19-5-3-2-4-18(19)20(27)24-14-22(10-12-28-13-11-22)16-6-8-17(23)9-7-16/h2-9H,10-14H2,1H3,(H,24,27). The number of carbonyl (C=O) groups is 1. The molecule has 1 fully saturated rings. The van der Waals surface area contributed by atoms with Gasteiger partial charge in [0.05, 0.1) is 11.1 Å². The zero-order valence-electron chi connectivity index (χ0n) is 16.2. The van der Waals surface area contributed by atoms with Gasteiger partial charge in [-0.05, 0) is 49.6 Å². The van der Waals surface area contributed by atoms with Crippen LogP contribution in [0.15, 0.2) is 53.1 Å². The third-order valence-electron chi connectivity index (χ3n) is 5.42. The van der Waals surface area contributed by atoms with E-state index in [9.17, 15) is 4.79 Å². The lowest BCUT2D eigenvalue weighted by Crippen LogP contribution is -2.44. The zero-order chi connectivity index (χ0) is 20.3. The number of nitrogens with zero attached hydrogens (tertiary/aromatic N) is 2. The van der Waals surface area contributed by atoms with Crippen LogP contribution >= 0.6 is 11.6 Å². The van der Waals surface area contributed by atoms with Crippen molar-refractivity contribution < 1.29 is 14.1 Å². The average molecular weight is 412 g/mol. The molecule has 150 valence electrons. The Hall–Kier alpha value is -2.70. The van der Waals surface area contributed by atoms with Gasteiger partial charge in [-0.3, -0.25) is 4.79 Å². The Morgan fingerprint density at radius 2 is 1.86 bits per heavy atom. The van der Waals surface area contributed by atoms with E-state index in [0.717, 1.165) is 18.4 Å². The number of halogens is 1. The predicted octanol–water partition coefficient (Wildman–Crippen LogP) is 4.18. The Morgan fingerprint density at radius 1 is 1.14 bits per heavy atom. The minimum absolute atomic E-state index is 0.170. The summed E-state index contributed by atoms with van der Waals surface area (Å²) >= 11 is 6.07. The summed E-state index contributed by atoms with van der Waals surface area (Å²) in [6.45, 7) is 3.58. The predicted molar refractivity (Wildman–Crippen MR) is 110 cm³/mol. The second-order valence-electron chi connectivity index (χ2n) is 7.27. The van der Waals surface area contributed by atoms with Crippen molar-refractivity contribution in [2.24, 2.45) is 0 Å². The number of aromatic nitrogens is 2. The molecule has 1 aliphatic heterocycles. The highest BCUT2D eigenvalue weighted by Crippen LogP contribution is 2.35. The monoisotopic (exact) mass is 411 g/mol. The maximum absolute atomic E-state index is 13.1. The molecule has 1 aromatic heterocycles. The average Bonchev–Trinajstić information content (AvgIpc) is 3.19. The molecule has 1 amide bonds. The van der Waals surface area contributed by atoms with Gasteiger partial charge >= 0.3 is 0 Å². The molecule has 3 aromatic rings. The minimum Gasteiger partial charge on any atom is -0.381 e. The van der Waals surface area contributed by atoms with Gasteiger partial charge < -0.3 is 14.6 Å². The van der Waals surface area contributed by atoms with Crippen molar-refractivity contribution in [2.75, 3.05) is 19.8 Å². The smallest absolute Gasteiger partial charge is 0.258 e. The van der Waals surface area contributed by atoms with E-state index in [0.29, 0.717) is 47.6 Å². The van der Waals surface area contributed by atoms with E-state index in [2.05, 4.69) is 15.5 Å². The van der Waals surface area contributed by atoms with Gasteiger partial charge in [-0.15, -0.1) is 0 Å². The number of nitrogens with one attached hydrogen (secondary N) is 1. The van der Waals surface area contributed by atoms with Crippen LogP contribution in [-0.4, -0.2) is 35.8 Å². The summed E-state index contributed by atoms with van der Waals surface area (Å²) < 4.78 is 10.8. The maximum atomic E-state index is 13.1. The Balaban J connectivity index is 1.57. The van der Waals surface area contributed by atoms with E-state index in [4.69, 9.17) is 20.9 Å². The van der Waals surface area contributed by atoms with Gasteiger partial charge in [0, 0.05) is 30.2 Å². The van der Waals surface area contributed by atoms with Crippen molar-refractivity contribution in [2.45, 2.75) is 25.2 Å². The molecule has 0 aliphatic carbocycles. The number of amides is 1. The number of rotatable bonds is 5. The summed E-state index contributed by atoms with van der Waals surface area (Å²) in [7, 11) is 0. The largest absolute Gasteiger partial charge is 0.381 e. The highest BCUT2D eigenvalue weighted by atomic mass is 35.5. The topological polar surface area (TPSA) is 77.2 Å². The fraction of sp³-hybridized carbons (Fsp3) is 0.318. The molecule has 0 radical (unpaired) electrons. The van der Waals surface area contributed by atoms with Gasteiger partial charge in [0.25, 0.3) is 11.8 Å². The van der Waals surface area contributed by atoms with Gasteiger partial charge in [-0.25, -0.2) is 0 Å². The molecule has 2 aromatic carbocycles. The van der Waals surface area contributed by atoms with Crippen LogP contribution in [-0.2, 0) is 10.2 Å². The van der Waals surface area contributed by atoms with Crippen molar-refractivity contribution in [3.63, 3.8) is 0 Å². The number of benzene rings is 2. The SMILES string of the molecule is Cc1noc(-c2ccccc2C(=O)NCC2(c3ccc(Cl)cc3)CCOCC2)n1. The van der Waals surface area contributed by atoms with Crippen LogP contribution in [0.4, 0.5) is 0 Å². The molecular weight excluding hydrogens is 390 g/mol. The Labute approximate surface area is 174 Å². The maximum Gasteiger partial charge on any atom is 0.258 e. The summed E-state index contributed by atoms with van der Waals surface area (Å²) in [6, 6.07) is 15.1. The molecule has 1 N–H and O–H groups in total. The summed E-state index contributed by atoms with van der Waals surface area (Å²) in [6.07, 6.45) is 1.67. The molecule has 29 heavy (non-hydrogen) atoms. The highest BCUT2D eigenvalue weighted by molar-refractivity contribution is 6.30. The second-order valence-corrected chi connectivity index (χ2v) is 7.71. The molecule has 7 heteroatoms. The third kappa shape index (κ3) is 4.18. The van der Waals surface area contributed by atoms with E-state index in [1.54, 1.807) is 13.0 Å². The normalized spacial score (nSPS) is 15.8. The van der Waals surface area contributed by atoms with Crippen LogP contribution in [0.3, 0.4) is 0 Å². The lowest BCUT2D eigenvalue weighted by Gasteiger charge is -2.38. The van der Waals surface area contributed by atoms with Gasteiger partial charge in [0.2, 0.25) is 0 Å². The number of aryl methyl sites for hydroxylation is 1. The van der Waals surface area contributed by atoms with Crippen molar-refractivity contribution in [1.29, 1.82) is 0 Å². The third-order valence-corrected chi connectivity index (χ3v) is 5.68. The zero-order valence-corrected chi connectivity index (χ0v) is 16.9. The van der Waals surface area contributed by atoms with E-state index >= 15 is 0 Å². The van der Waals surface area contributed by atoms with E-state index < -0.39 is 0 Å². The van der Waals surface area contributed by atoms with Crippen molar-refractivity contribution in [3.05, 3.63) is 70.5 Å². The van der Waals surface area contributed by atoms with Crippen LogP contribution in [0.25, 0.3) is 11.5 Å². The van der Waals surface area contributed by atoms with Gasteiger partial charge in [0.1, 0.15) is 0 Å². The minimum atomic E-state index is -0.186. The van der Waals surface area contributed by atoms with Crippen molar-refractivity contribution in [1.82, 2.24) is 15.5 Å². The van der Waals surface area contributed by atoms with Crippen molar-refractivity contribution in [3.8, 4) is 11.5 Å². The molecule has 4 rings (SSSR count). The second kappa shape index (κ2) is 8.35. The summed E-state index contributed by atoms with van der Waals surface area (Å²) in [5, 5.41) is 7.65. The van der Waals surface area contributed by atoms with Gasteiger partial charge in [-0.2, -0.15) is 4.98 Å².